The van der Waals surface area contributed by atoms with Crippen LogP contribution < -0.4 is 5.73 Å². The van der Waals surface area contributed by atoms with Crippen LogP contribution in [0.5, 0.6) is 0 Å². The zero-order valence-corrected chi connectivity index (χ0v) is 10.3. The summed E-state index contributed by atoms with van der Waals surface area (Å²) in [7, 11) is 0. The van der Waals surface area contributed by atoms with Crippen LogP contribution in [0.3, 0.4) is 0 Å². The fourth-order valence-corrected chi connectivity index (χ4v) is 2.64. The fraction of sp³-hybridized carbons (Fsp3) is 0.500. The molecule has 2 N–H and O–H groups in total. The van der Waals surface area contributed by atoms with E-state index >= 15 is 0 Å². The molecule has 0 amide bonds. The third-order valence-corrected chi connectivity index (χ3v) is 3.76. The third-order valence-electron chi connectivity index (χ3n) is 3.76. The Morgan fingerprint density at radius 1 is 1.41 bits per heavy atom. The molecule has 0 radical (unpaired) electrons. The summed E-state index contributed by atoms with van der Waals surface area (Å²) in [5.41, 5.74) is 8.27. The number of nitrogens with two attached hydrogens (primary N) is 1. The lowest BCUT2D eigenvalue weighted by atomic mass is 10.1. The van der Waals surface area contributed by atoms with Gasteiger partial charge < -0.3 is 10.3 Å². The van der Waals surface area contributed by atoms with Gasteiger partial charge in [-0.15, -0.1) is 0 Å². The van der Waals surface area contributed by atoms with Crippen LogP contribution in [0, 0.1) is 5.92 Å². The normalized spacial score (nSPS) is 17.5. The molecule has 1 unspecified atom stereocenters. The molecular weight excluding hydrogens is 210 g/mol. The van der Waals surface area contributed by atoms with Crippen LogP contribution in [0.15, 0.2) is 24.3 Å². The summed E-state index contributed by atoms with van der Waals surface area (Å²) in [6, 6.07) is 8.74. The Hall–Kier alpha value is -1.51. The number of imidazole rings is 1. The molecular formula is C14H19N3. The average molecular weight is 229 g/mol. The van der Waals surface area contributed by atoms with Gasteiger partial charge in [-0.3, -0.25) is 0 Å². The molecule has 1 aliphatic rings. The van der Waals surface area contributed by atoms with E-state index in [-0.39, 0.29) is 0 Å². The maximum absolute atomic E-state index is 6.08. The Bertz CT molecular complexity index is 525. The van der Waals surface area contributed by atoms with E-state index in [1.165, 1.54) is 24.8 Å². The van der Waals surface area contributed by atoms with Crippen molar-refractivity contribution in [2.24, 2.45) is 5.92 Å². The molecule has 1 atom stereocenters. The summed E-state index contributed by atoms with van der Waals surface area (Å²) in [5, 5.41) is 0. The van der Waals surface area contributed by atoms with Gasteiger partial charge in [0.25, 0.3) is 0 Å². The summed E-state index contributed by atoms with van der Waals surface area (Å²) in [6.07, 6.45) is 5.16. The molecule has 3 nitrogen and oxygen atoms in total. The van der Waals surface area contributed by atoms with E-state index in [1.807, 2.05) is 12.1 Å². The van der Waals surface area contributed by atoms with Crippen LogP contribution in [-0.4, -0.2) is 9.55 Å². The lowest BCUT2D eigenvalue weighted by Crippen LogP contribution is -2.11. The van der Waals surface area contributed by atoms with Gasteiger partial charge in [-0.1, -0.05) is 31.9 Å². The van der Waals surface area contributed by atoms with E-state index < -0.39 is 0 Å². The number of anilines is 1. The first-order valence-corrected chi connectivity index (χ1v) is 6.52. The minimum absolute atomic E-state index is 0.509. The first-order valence-electron chi connectivity index (χ1n) is 6.52. The number of hydrogen-bond acceptors (Lipinski definition) is 2. The highest BCUT2D eigenvalue weighted by Crippen LogP contribution is 2.39. The standard InChI is InChI=1S/C14H19N3/c1-2-11(9-10-7-8-10)17-13-6-4-3-5-12(13)16-14(17)15/h3-6,10-11H,2,7-9H2,1H3,(H2,15,16). The molecule has 3 rings (SSSR count). The third kappa shape index (κ3) is 1.90. The monoisotopic (exact) mass is 229 g/mol. The largest absolute Gasteiger partial charge is 0.369 e. The lowest BCUT2D eigenvalue weighted by molar-refractivity contribution is 0.442. The molecule has 1 aromatic carbocycles. The van der Waals surface area contributed by atoms with Crippen molar-refractivity contribution in [2.75, 3.05) is 5.73 Å². The molecule has 0 saturated heterocycles. The predicted octanol–water partition coefficient (Wildman–Crippen LogP) is 3.37. The lowest BCUT2D eigenvalue weighted by Gasteiger charge is -2.18. The first kappa shape index (κ1) is 10.6. The SMILES string of the molecule is CCC(CC1CC1)n1c(N)nc2ccccc21. The summed E-state index contributed by atoms with van der Waals surface area (Å²) in [6.45, 7) is 2.24. The van der Waals surface area contributed by atoms with Crippen LogP contribution in [0.2, 0.25) is 0 Å². The smallest absolute Gasteiger partial charge is 0.201 e. The van der Waals surface area contributed by atoms with Crippen molar-refractivity contribution in [1.82, 2.24) is 9.55 Å². The Labute approximate surface area is 102 Å². The van der Waals surface area contributed by atoms with E-state index in [0.29, 0.717) is 12.0 Å². The number of nitrogen functional groups attached to an aromatic ring is 1. The van der Waals surface area contributed by atoms with E-state index in [2.05, 4.69) is 28.6 Å². The number of fused-ring (bicyclic) bond motifs is 1. The molecule has 1 saturated carbocycles. The number of benzene rings is 1. The summed E-state index contributed by atoms with van der Waals surface area (Å²) >= 11 is 0. The van der Waals surface area contributed by atoms with E-state index in [0.717, 1.165) is 17.9 Å². The van der Waals surface area contributed by atoms with Crippen molar-refractivity contribution in [2.45, 2.75) is 38.6 Å². The molecule has 3 heteroatoms. The summed E-state index contributed by atoms with van der Waals surface area (Å²) in [4.78, 5) is 4.45. The van der Waals surface area contributed by atoms with Crippen LogP contribution in [0.4, 0.5) is 5.95 Å². The number of hydrogen-bond donors (Lipinski definition) is 1. The molecule has 90 valence electrons. The number of aromatic nitrogens is 2. The Balaban J connectivity index is 2.03. The molecule has 1 heterocycles. The Morgan fingerprint density at radius 3 is 2.88 bits per heavy atom. The van der Waals surface area contributed by atoms with Gasteiger partial charge in [-0.05, 0) is 30.9 Å². The Kier molecular flexibility index (Phi) is 2.54. The van der Waals surface area contributed by atoms with E-state index in [1.54, 1.807) is 0 Å². The topological polar surface area (TPSA) is 43.8 Å². The van der Waals surface area contributed by atoms with Gasteiger partial charge in [0.15, 0.2) is 0 Å². The van der Waals surface area contributed by atoms with Crippen molar-refractivity contribution in [1.29, 1.82) is 0 Å². The Morgan fingerprint density at radius 2 is 2.18 bits per heavy atom. The highest BCUT2D eigenvalue weighted by Gasteiger charge is 2.27. The van der Waals surface area contributed by atoms with Crippen molar-refractivity contribution in [3.05, 3.63) is 24.3 Å². The zero-order chi connectivity index (χ0) is 11.8. The molecule has 1 aliphatic carbocycles. The number of para-hydroxylation sites is 2. The second-order valence-corrected chi connectivity index (χ2v) is 5.07. The molecule has 2 aromatic rings. The van der Waals surface area contributed by atoms with Gasteiger partial charge >= 0.3 is 0 Å². The van der Waals surface area contributed by atoms with Gasteiger partial charge in [-0.25, -0.2) is 4.98 Å². The minimum Gasteiger partial charge on any atom is -0.369 e. The molecule has 0 aliphatic heterocycles. The molecule has 1 fully saturated rings. The number of nitrogens with zero attached hydrogens (tertiary/aromatic N) is 2. The highest BCUT2D eigenvalue weighted by atomic mass is 15.2. The fourth-order valence-electron chi connectivity index (χ4n) is 2.64. The van der Waals surface area contributed by atoms with Crippen molar-refractivity contribution < 1.29 is 0 Å². The van der Waals surface area contributed by atoms with Gasteiger partial charge in [0.1, 0.15) is 0 Å². The van der Waals surface area contributed by atoms with Crippen LogP contribution in [0.1, 0.15) is 38.6 Å². The second kappa shape index (κ2) is 4.06. The average Bonchev–Trinajstić information content (AvgIpc) is 3.08. The summed E-state index contributed by atoms with van der Waals surface area (Å²) in [5.74, 6) is 1.58. The van der Waals surface area contributed by atoms with Gasteiger partial charge in [0.05, 0.1) is 11.0 Å². The van der Waals surface area contributed by atoms with Crippen LogP contribution >= 0.6 is 0 Å². The maximum atomic E-state index is 6.08. The number of rotatable bonds is 4. The van der Waals surface area contributed by atoms with E-state index in [4.69, 9.17) is 5.73 Å². The zero-order valence-electron chi connectivity index (χ0n) is 10.3. The minimum atomic E-state index is 0.509. The van der Waals surface area contributed by atoms with Gasteiger partial charge in [-0.2, -0.15) is 0 Å². The molecule has 1 aromatic heterocycles. The predicted molar refractivity (Wildman–Crippen MR) is 70.8 cm³/mol. The van der Waals surface area contributed by atoms with Crippen molar-refractivity contribution >= 4 is 17.0 Å². The maximum Gasteiger partial charge on any atom is 0.201 e. The van der Waals surface area contributed by atoms with Crippen LogP contribution in [0.25, 0.3) is 11.0 Å². The van der Waals surface area contributed by atoms with Gasteiger partial charge in [0, 0.05) is 6.04 Å². The molecule has 17 heavy (non-hydrogen) atoms. The quantitative estimate of drug-likeness (QED) is 0.873. The molecule has 0 spiro atoms. The van der Waals surface area contributed by atoms with E-state index in [9.17, 15) is 0 Å². The second-order valence-electron chi connectivity index (χ2n) is 5.07. The van der Waals surface area contributed by atoms with Crippen LogP contribution in [-0.2, 0) is 0 Å². The highest BCUT2D eigenvalue weighted by molar-refractivity contribution is 5.78. The van der Waals surface area contributed by atoms with Crippen molar-refractivity contribution in [3.8, 4) is 0 Å². The molecule has 0 bridgehead atoms. The van der Waals surface area contributed by atoms with Crippen molar-refractivity contribution in [3.63, 3.8) is 0 Å². The summed E-state index contributed by atoms with van der Waals surface area (Å²) < 4.78 is 2.23. The van der Waals surface area contributed by atoms with Gasteiger partial charge in [0.2, 0.25) is 5.95 Å². The first-order chi connectivity index (χ1) is 8.29.